The Morgan fingerprint density at radius 2 is 1.50 bits per heavy atom. The summed E-state index contributed by atoms with van der Waals surface area (Å²) >= 11 is 12.0. The predicted octanol–water partition coefficient (Wildman–Crippen LogP) is 4.91. The monoisotopic (exact) mass is 364 g/mol. The number of para-hydroxylation sites is 1. The summed E-state index contributed by atoms with van der Waals surface area (Å²) in [7, 11) is 0. The van der Waals surface area contributed by atoms with E-state index in [4.69, 9.17) is 23.2 Å². The number of hydrogen-bond donors (Lipinski definition) is 2. The second-order valence-corrected chi connectivity index (χ2v) is 6.82. The first-order chi connectivity index (χ1) is 11.2. The lowest BCUT2D eigenvalue weighted by molar-refractivity contribution is -0.135. The van der Waals surface area contributed by atoms with Gasteiger partial charge in [0, 0.05) is 10.7 Å². The second kappa shape index (κ2) is 7.24. The van der Waals surface area contributed by atoms with Crippen molar-refractivity contribution in [3.8, 4) is 0 Å². The number of carbonyl (C=O) groups is 2. The van der Waals surface area contributed by atoms with Crippen molar-refractivity contribution >= 4 is 46.4 Å². The summed E-state index contributed by atoms with van der Waals surface area (Å²) < 4.78 is 0. The minimum atomic E-state index is -1.30. The molecule has 0 fully saturated rings. The molecule has 2 aromatic rings. The van der Waals surface area contributed by atoms with Crippen LogP contribution in [0.5, 0.6) is 0 Å². The van der Waals surface area contributed by atoms with E-state index in [1.165, 1.54) is 6.07 Å². The number of amides is 2. The maximum absolute atomic E-state index is 12.5. The van der Waals surface area contributed by atoms with E-state index >= 15 is 0 Å². The molecule has 24 heavy (non-hydrogen) atoms. The molecule has 0 bridgehead atoms. The maximum atomic E-state index is 12.5. The van der Waals surface area contributed by atoms with Gasteiger partial charge in [0.1, 0.15) is 5.41 Å². The van der Waals surface area contributed by atoms with Crippen LogP contribution in [0.25, 0.3) is 0 Å². The number of nitrogens with one attached hydrogen (secondary N) is 2. The molecule has 0 aliphatic rings. The smallest absolute Gasteiger partial charge is 0.239 e. The number of benzene rings is 2. The van der Waals surface area contributed by atoms with Gasteiger partial charge in [-0.05, 0) is 50.6 Å². The highest BCUT2D eigenvalue weighted by Gasteiger charge is 2.36. The molecular weight excluding hydrogens is 347 g/mol. The average molecular weight is 365 g/mol. The van der Waals surface area contributed by atoms with Gasteiger partial charge in [-0.2, -0.15) is 0 Å². The van der Waals surface area contributed by atoms with Crippen LogP contribution in [-0.4, -0.2) is 11.8 Å². The topological polar surface area (TPSA) is 58.2 Å². The molecule has 0 heterocycles. The van der Waals surface area contributed by atoms with E-state index in [0.29, 0.717) is 21.4 Å². The fourth-order valence-corrected chi connectivity index (χ4v) is 2.30. The van der Waals surface area contributed by atoms with Crippen molar-refractivity contribution in [2.24, 2.45) is 5.41 Å². The number of carbonyl (C=O) groups excluding carboxylic acids is 2. The number of hydrogen-bond acceptors (Lipinski definition) is 2. The first-order valence-corrected chi connectivity index (χ1v) is 8.11. The van der Waals surface area contributed by atoms with Crippen LogP contribution >= 0.6 is 23.2 Å². The van der Waals surface area contributed by atoms with E-state index in [-0.39, 0.29) is 0 Å². The van der Waals surface area contributed by atoms with Gasteiger partial charge in [-0.15, -0.1) is 0 Å². The Morgan fingerprint density at radius 3 is 2.12 bits per heavy atom. The molecule has 0 atom stereocenters. The fraction of sp³-hybridized carbons (Fsp3) is 0.222. The van der Waals surface area contributed by atoms with Crippen molar-refractivity contribution in [3.63, 3.8) is 0 Å². The van der Waals surface area contributed by atoms with Crippen molar-refractivity contribution < 1.29 is 9.59 Å². The molecule has 0 saturated heterocycles. The molecule has 2 N–H and O–H groups in total. The Bertz CT molecular complexity index is 788. The van der Waals surface area contributed by atoms with Gasteiger partial charge >= 0.3 is 0 Å². The molecule has 0 spiro atoms. The van der Waals surface area contributed by atoms with Crippen LogP contribution in [0.4, 0.5) is 11.4 Å². The highest BCUT2D eigenvalue weighted by molar-refractivity contribution is 6.36. The third-order valence-corrected chi connectivity index (χ3v) is 4.27. The molecule has 0 aliphatic heterocycles. The third-order valence-electron chi connectivity index (χ3n) is 3.71. The Morgan fingerprint density at radius 1 is 0.917 bits per heavy atom. The van der Waals surface area contributed by atoms with E-state index in [9.17, 15) is 9.59 Å². The quantitative estimate of drug-likeness (QED) is 0.757. The van der Waals surface area contributed by atoms with Gasteiger partial charge in [-0.1, -0.05) is 41.4 Å². The van der Waals surface area contributed by atoms with Gasteiger partial charge < -0.3 is 10.6 Å². The second-order valence-electron chi connectivity index (χ2n) is 5.97. The lowest BCUT2D eigenvalue weighted by Crippen LogP contribution is -2.41. The molecule has 4 nitrogen and oxygen atoms in total. The summed E-state index contributed by atoms with van der Waals surface area (Å²) in [4.78, 5) is 25.1. The molecule has 2 amide bonds. The van der Waals surface area contributed by atoms with E-state index in [1.807, 2.05) is 25.1 Å². The highest BCUT2D eigenvalue weighted by atomic mass is 35.5. The van der Waals surface area contributed by atoms with Gasteiger partial charge in [0.2, 0.25) is 11.8 Å². The predicted molar refractivity (Wildman–Crippen MR) is 98.7 cm³/mol. The summed E-state index contributed by atoms with van der Waals surface area (Å²) in [6.07, 6.45) is 0. The molecule has 2 aromatic carbocycles. The van der Waals surface area contributed by atoms with Crippen LogP contribution in [0.3, 0.4) is 0 Å². The summed E-state index contributed by atoms with van der Waals surface area (Å²) in [5.41, 5.74) is 0.656. The number of aryl methyl sites for hydroxylation is 1. The first kappa shape index (κ1) is 18.3. The van der Waals surface area contributed by atoms with Crippen molar-refractivity contribution in [1.82, 2.24) is 0 Å². The lowest BCUT2D eigenvalue weighted by Gasteiger charge is -2.23. The third kappa shape index (κ3) is 4.08. The number of anilines is 2. The van der Waals surface area contributed by atoms with Crippen LogP contribution < -0.4 is 10.6 Å². The van der Waals surface area contributed by atoms with Crippen LogP contribution in [0, 0.1) is 12.3 Å². The maximum Gasteiger partial charge on any atom is 0.239 e. The van der Waals surface area contributed by atoms with Crippen molar-refractivity contribution in [3.05, 3.63) is 58.1 Å². The van der Waals surface area contributed by atoms with E-state index < -0.39 is 17.2 Å². The van der Waals surface area contributed by atoms with Crippen LogP contribution in [0.15, 0.2) is 42.5 Å². The Labute approximate surface area is 151 Å². The zero-order valence-electron chi connectivity index (χ0n) is 13.6. The minimum absolute atomic E-state index is 0.350. The number of rotatable bonds is 4. The van der Waals surface area contributed by atoms with Crippen molar-refractivity contribution in [1.29, 1.82) is 0 Å². The zero-order valence-corrected chi connectivity index (χ0v) is 15.1. The fourth-order valence-electron chi connectivity index (χ4n) is 1.97. The molecule has 2 rings (SSSR count). The van der Waals surface area contributed by atoms with E-state index in [0.717, 1.165) is 5.56 Å². The first-order valence-electron chi connectivity index (χ1n) is 7.35. The minimum Gasteiger partial charge on any atom is -0.325 e. The standard InChI is InChI=1S/C18H18Cl2N2O2/c1-11-6-4-5-7-14(11)21-16(23)18(2,3)17(24)22-15-10-12(19)8-9-13(15)20/h4-10H,1-3H3,(H,21,23)(H,22,24). The van der Waals surface area contributed by atoms with Crippen molar-refractivity contribution in [2.45, 2.75) is 20.8 Å². The molecule has 0 unspecified atom stereocenters. The Balaban J connectivity index is 2.16. The Kier molecular flexibility index (Phi) is 5.52. The zero-order chi connectivity index (χ0) is 17.9. The van der Waals surface area contributed by atoms with Gasteiger partial charge in [0.25, 0.3) is 0 Å². The van der Waals surface area contributed by atoms with Gasteiger partial charge in [0.05, 0.1) is 10.7 Å². The van der Waals surface area contributed by atoms with Crippen molar-refractivity contribution in [2.75, 3.05) is 10.6 Å². The summed E-state index contributed by atoms with van der Waals surface area (Å²) in [5.74, 6) is -0.884. The molecule has 0 saturated carbocycles. The van der Waals surface area contributed by atoms with E-state index in [2.05, 4.69) is 10.6 Å². The molecular formula is C18H18Cl2N2O2. The molecule has 126 valence electrons. The summed E-state index contributed by atoms with van der Waals surface area (Å²) in [6, 6.07) is 12.1. The lowest BCUT2D eigenvalue weighted by atomic mass is 9.90. The van der Waals surface area contributed by atoms with E-state index in [1.54, 1.807) is 32.0 Å². The average Bonchev–Trinajstić information content (AvgIpc) is 2.53. The van der Waals surface area contributed by atoms with Crippen LogP contribution in [0.1, 0.15) is 19.4 Å². The summed E-state index contributed by atoms with van der Waals surface area (Å²) in [6.45, 7) is 4.98. The molecule has 0 aliphatic carbocycles. The highest BCUT2D eigenvalue weighted by Crippen LogP contribution is 2.28. The number of halogens is 2. The van der Waals surface area contributed by atoms with Crippen LogP contribution in [-0.2, 0) is 9.59 Å². The molecule has 0 aromatic heterocycles. The van der Waals surface area contributed by atoms with Gasteiger partial charge in [-0.25, -0.2) is 0 Å². The molecule has 6 heteroatoms. The van der Waals surface area contributed by atoms with Gasteiger partial charge in [0.15, 0.2) is 0 Å². The Hall–Kier alpha value is -2.04. The SMILES string of the molecule is Cc1ccccc1NC(=O)C(C)(C)C(=O)Nc1cc(Cl)ccc1Cl. The normalized spacial score (nSPS) is 11.0. The largest absolute Gasteiger partial charge is 0.325 e. The van der Waals surface area contributed by atoms with Gasteiger partial charge in [-0.3, -0.25) is 9.59 Å². The van der Waals surface area contributed by atoms with Crippen LogP contribution in [0.2, 0.25) is 10.0 Å². The molecule has 0 radical (unpaired) electrons. The summed E-state index contributed by atoms with van der Waals surface area (Å²) in [5, 5.41) is 6.23.